The van der Waals surface area contributed by atoms with Crippen LogP contribution in [0.1, 0.15) is 47.3 Å². The number of para-hydroxylation sites is 1. The van der Waals surface area contributed by atoms with Crippen molar-refractivity contribution in [3.8, 4) is 11.5 Å². The van der Waals surface area contributed by atoms with Gasteiger partial charge in [0.15, 0.2) is 18.1 Å². The number of nitrogens with one attached hydrogen (secondary N) is 1. The Morgan fingerprint density at radius 3 is 2.48 bits per heavy atom. The van der Waals surface area contributed by atoms with E-state index in [1.54, 1.807) is 25.3 Å². The number of hydrogen-bond donors (Lipinski definition) is 1. The van der Waals surface area contributed by atoms with E-state index in [0.29, 0.717) is 22.7 Å². The number of methoxy groups -OCH3 is 2. The first-order valence-electron chi connectivity index (χ1n) is 11.2. The number of esters is 1. The highest BCUT2D eigenvalue weighted by molar-refractivity contribution is 6.06. The smallest absolute Gasteiger partial charge is 0.339 e. The molecule has 0 bridgehead atoms. The van der Waals surface area contributed by atoms with Gasteiger partial charge in [0.1, 0.15) is 0 Å². The third-order valence-electron chi connectivity index (χ3n) is 5.88. The van der Waals surface area contributed by atoms with Crippen molar-refractivity contribution in [1.82, 2.24) is 4.98 Å². The largest absolute Gasteiger partial charge is 0.493 e. The van der Waals surface area contributed by atoms with Crippen LogP contribution in [0.4, 0.5) is 5.69 Å². The maximum Gasteiger partial charge on any atom is 0.339 e. The Kier molecular flexibility index (Phi) is 7.07. The van der Waals surface area contributed by atoms with Gasteiger partial charge in [-0.3, -0.25) is 9.78 Å². The molecule has 7 heteroatoms. The van der Waals surface area contributed by atoms with E-state index >= 15 is 0 Å². The Morgan fingerprint density at radius 2 is 1.70 bits per heavy atom. The molecule has 0 atom stereocenters. The fraction of sp³-hybridized carbons (Fsp3) is 0.346. The number of carbonyl (C=O) groups is 2. The lowest BCUT2D eigenvalue weighted by atomic mass is 9.91. The normalized spacial score (nSPS) is 13.4. The van der Waals surface area contributed by atoms with Crippen molar-refractivity contribution < 1.29 is 23.8 Å². The average Bonchev–Trinajstić information content (AvgIpc) is 2.82. The highest BCUT2D eigenvalue weighted by atomic mass is 16.5. The second kappa shape index (κ2) is 10.3. The van der Waals surface area contributed by atoms with Crippen molar-refractivity contribution >= 4 is 28.5 Å². The lowest BCUT2D eigenvalue weighted by molar-refractivity contribution is -0.119. The summed E-state index contributed by atoms with van der Waals surface area (Å²) in [6, 6.07) is 12.6. The van der Waals surface area contributed by atoms with Gasteiger partial charge in [-0.05, 0) is 49.4 Å². The monoisotopic (exact) mass is 448 g/mol. The predicted molar refractivity (Wildman–Crippen MR) is 126 cm³/mol. The SMILES string of the molecule is COc1ccc(NC(=O)COC(=O)c2c3c(nc4ccccc24)CCCCCC3)cc1OC. The van der Waals surface area contributed by atoms with Crippen LogP contribution in [0.2, 0.25) is 0 Å². The molecule has 7 nitrogen and oxygen atoms in total. The van der Waals surface area contributed by atoms with Gasteiger partial charge in [-0.25, -0.2) is 4.79 Å². The van der Waals surface area contributed by atoms with Gasteiger partial charge in [0.2, 0.25) is 0 Å². The fourth-order valence-corrected chi connectivity index (χ4v) is 4.27. The number of fused-ring (bicyclic) bond motifs is 2. The minimum absolute atomic E-state index is 0.390. The molecule has 1 aliphatic carbocycles. The Balaban J connectivity index is 1.53. The molecular formula is C26H28N2O5. The summed E-state index contributed by atoms with van der Waals surface area (Å²) in [6.07, 6.45) is 6.00. The van der Waals surface area contributed by atoms with Crippen molar-refractivity contribution in [1.29, 1.82) is 0 Å². The first-order valence-corrected chi connectivity index (χ1v) is 11.2. The summed E-state index contributed by atoms with van der Waals surface area (Å²) < 4.78 is 15.9. The number of anilines is 1. The van der Waals surface area contributed by atoms with E-state index < -0.39 is 18.5 Å². The van der Waals surface area contributed by atoms with Crippen LogP contribution >= 0.6 is 0 Å². The first-order chi connectivity index (χ1) is 16.1. The van der Waals surface area contributed by atoms with E-state index in [2.05, 4.69) is 5.32 Å². The molecule has 1 aliphatic rings. The zero-order chi connectivity index (χ0) is 23.2. The molecule has 1 heterocycles. The molecule has 2 aromatic carbocycles. The van der Waals surface area contributed by atoms with Crippen LogP contribution in [0.25, 0.3) is 10.9 Å². The molecule has 1 aromatic heterocycles. The Morgan fingerprint density at radius 1 is 0.939 bits per heavy atom. The number of aryl methyl sites for hydroxylation is 1. The van der Waals surface area contributed by atoms with Crippen molar-refractivity contribution in [2.75, 3.05) is 26.1 Å². The highest BCUT2D eigenvalue weighted by Gasteiger charge is 2.23. The Labute approximate surface area is 193 Å². The van der Waals surface area contributed by atoms with Gasteiger partial charge in [-0.1, -0.05) is 31.0 Å². The summed E-state index contributed by atoms with van der Waals surface area (Å²) in [5, 5.41) is 3.49. The van der Waals surface area contributed by atoms with E-state index in [1.807, 2.05) is 24.3 Å². The van der Waals surface area contributed by atoms with Crippen molar-refractivity contribution in [3.63, 3.8) is 0 Å². The summed E-state index contributed by atoms with van der Waals surface area (Å²) in [4.78, 5) is 30.5. The van der Waals surface area contributed by atoms with Gasteiger partial charge < -0.3 is 19.5 Å². The van der Waals surface area contributed by atoms with Gasteiger partial charge in [0, 0.05) is 22.8 Å². The van der Waals surface area contributed by atoms with E-state index in [1.165, 1.54) is 13.5 Å². The molecule has 0 spiro atoms. The Bertz CT molecular complexity index is 1170. The zero-order valence-electron chi connectivity index (χ0n) is 19.0. The van der Waals surface area contributed by atoms with E-state index in [9.17, 15) is 9.59 Å². The quantitative estimate of drug-likeness (QED) is 0.550. The van der Waals surface area contributed by atoms with Gasteiger partial charge in [0.25, 0.3) is 5.91 Å². The van der Waals surface area contributed by atoms with Crippen LogP contribution in [-0.2, 0) is 22.4 Å². The minimum Gasteiger partial charge on any atom is -0.493 e. The maximum atomic E-state index is 13.2. The van der Waals surface area contributed by atoms with E-state index in [4.69, 9.17) is 19.2 Å². The Hall–Kier alpha value is -3.61. The average molecular weight is 449 g/mol. The number of amides is 1. The molecule has 172 valence electrons. The standard InChI is InChI=1S/C26H28N2O5/c1-31-22-14-13-17(15-23(22)32-2)27-24(29)16-33-26(30)25-18-9-5-3-4-6-11-20(18)28-21-12-8-7-10-19(21)25/h7-8,10,12-15H,3-6,9,11,16H2,1-2H3,(H,27,29). The van der Waals surface area contributed by atoms with Crippen molar-refractivity contribution in [2.45, 2.75) is 38.5 Å². The lowest BCUT2D eigenvalue weighted by Crippen LogP contribution is -2.22. The molecule has 3 aromatic rings. The van der Waals surface area contributed by atoms with Crippen LogP contribution in [0.15, 0.2) is 42.5 Å². The van der Waals surface area contributed by atoms with Crippen LogP contribution in [-0.4, -0.2) is 37.7 Å². The molecule has 33 heavy (non-hydrogen) atoms. The summed E-state index contributed by atoms with van der Waals surface area (Å²) in [5.74, 6) is 0.127. The van der Waals surface area contributed by atoms with Gasteiger partial charge >= 0.3 is 5.97 Å². The third-order valence-corrected chi connectivity index (χ3v) is 5.88. The molecule has 0 fully saturated rings. The molecule has 1 N–H and O–H groups in total. The second-order valence-corrected chi connectivity index (χ2v) is 8.04. The van der Waals surface area contributed by atoms with Crippen LogP contribution in [0.3, 0.4) is 0 Å². The second-order valence-electron chi connectivity index (χ2n) is 8.04. The highest BCUT2D eigenvalue weighted by Crippen LogP contribution is 2.30. The van der Waals surface area contributed by atoms with Gasteiger partial charge in [-0.2, -0.15) is 0 Å². The summed E-state index contributed by atoms with van der Waals surface area (Å²) in [6.45, 7) is -0.390. The van der Waals surface area contributed by atoms with Crippen molar-refractivity contribution in [3.05, 3.63) is 59.3 Å². The molecule has 0 unspecified atom stereocenters. The van der Waals surface area contributed by atoms with Crippen LogP contribution in [0.5, 0.6) is 11.5 Å². The number of ether oxygens (including phenoxy) is 3. The molecule has 0 saturated carbocycles. The lowest BCUT2D eigenvalue weighted by Gasteiger charge is -2.18. The van der Waals surface area contributed by atoms with Crippen LogP contribution < -0.4 is 14.8 Å². The number of nitrogens with zero attached hydrogens (tertiary/aromatic N) is 1. The van der Waals surface area contributed by atoms with Gasteiger partial charge in [0.05, 0.1) is 25.3 Å². The number of benzene rings is 2. The summed E-state index contributed by atoms with van der Waals surface area (Å²) >= 11 is 0. The molecular weight excluding hydrogens is 420 g/mol. The topological polar surface area (TPSA) is 86.8 Å². The zero-order valence-corrected chi connectivity index (χ0v) is 19.0. The minimum atomic E-state index is -0.493. The van der Waals surface area contributed by atoms with Crippen molar-refractivity contribution in [2.24, 2.45) is 0 Å². The number of aromatic nitrogens is 1. The van der Waals surface area contributed by atoms with Gasteiger partial charge in [-0.15, -0.1) is 0 Å². The third kappa shape index (κ3) is 5.08. The molecule has 1 amide bonds. The number of hydrogen-bond acceptors (Lipinski definition) is 6. The van der Waals surface area contributed by atoms with E-state index in [-0.39, 0.29) is 0 Å². The first kappa shape index (κ1) is 22.6. The number of rotatable bonds is 6. The number of pyridine rings is 1. The summed E-state index contributed by atoms with van der Waals surface area (Å²) in [5.41, 5.74) is 3.76. The molecule has 0 saturated heterocycles. The number of carbonyl (C=O) groups excluding carboxylic acids is 2. The molecule has 0 radical (unpaired) electrons. The molecule has 0 aliphatic heterocycles. The summed E-state index contributed by atoms with van der Waals surface area (Å²) in [7, 11) is 3.07. The predicted octanol–water partition coefficient (Wildman–Crippen LogP) is 4.71. The van der Waals surface area contributed by atoms with Crippen LogP contribution in [0, 0.1) is 0 Å². The molecule has 4 rings (SSSR count). The maximum absolute atomic E-state index is 13.2. The van der Waals surface area contributed by atoms with E-state index in [0.717, 1.165) is 54.3 Å². The fourth-order valence-electron chi connectivity index (χ4n) is 4.27.